The van der Waals surface area contributed by atoms with Crippen LogP contribution in [0.5, 0.6) is 0 Å². The van der Waals surface area contributed by atoms with Crippen molar-refractivity contribution in [1.29, 1.82) is 0 Å². The first-order chi connectivity index (χ1) is 13.4. The van der Waals surface area contributed by atoms with Gasteiger partial charge < -0.3 is 10.2 Å². The van der Waals surface area contributed by atoms with Crippen LogP contribution in [0.3, 0.4) is 0 Å². The average molecular weight is 398 g/mol. The molecule has 1 N–H and O–H groups in total. The van der Waals surface area contributed by atoms with Gasteiger partial charge in [0.05, 0.1) is 0 Å². The molecule has 6 nitrogen and oxygen atoms in total. The van der Waals surface area contributed by atoms with Crippen LogP contribution < -0.4 is 5.32 Å². The van der Waals surface area contributed by atoms with Crippen molar-refractivity contribution in [2.24, 2.45) is 0 Å². The Kier molecular flexibility index (Phi) is 4.59. The van der Waals surface area contributed by atoms with Crippen LogP contribution >= 0.6 is 11.6 Å². The van der Waals surface area contributed by atoms with Crippen molar-refractivity contribution in [3.63, 3.8) is 0 Å². The summed E-state index contributed by atoms with van der Waals surface area (Å²) in [6.07, 6.45) is 0.768. The first-order valence-corrected chi connectivity index (χ1v) is 9.51. The summed E-state index contributed by atoms with van der Waals surface area (Å²) in [4.78, 5) is 40.9. The second-order valence-electron chi connectivity index (χ2n) is 7.29. The molecule has 28 heavy (non-hydrogen) atoms. The molecule has 2 aromatic rings. The Morgan fingerprint density at radius 2 is 1.79 bits per heavy atom. The maximum absolute atomic E-state index is 13.0. The van der Waals surface area contributed by atoms with Crippen molar-refractivity contribution in [1.82, 2.24) is 15.1 Å². The molecule has 0 aliphatic carbocycles. The number of nitrogens with one attached hydrogen (secondary N) is 1. The van der Waals surface area contributed by atoms with Gasteiger partial charge in [0.25, 0.3) is 5.91 Å². The Bertz CT molecular complexity index is 960. The third kappa shape index (κ3) is 3.14. The van der Waals surface area contributed by atoms with Crippen LogP contribution in [-0.4, -0.2) is 40.7 Å². The maximum atomic E-state index is 13.0. The van der Waals surface area contributed by atoms with Crippen LogP contribution in [0, 0.1) is 0 Å². The number of fused-ring (bicyclic) bond motifs is 1. The monoisotopic (exact) mass is 397 g/mol. The highest BCUT2D eigenvalue weighted by molar-refractivity contribution is 6.30. The van der Waals surface area contributed by atoms with E-state index in [1.54, 1.807) is 36.1 Å². The van der Waals surface area contributed by atoms with E-state index in [-0.39, 0.29) is 12.5 Å². The number of benzene rings is 2. The number of hydrogen-bond donors (Lipinski definition) is 1. The molecule has 0 aromatic heterocycles. The molecule has 2 heterocycles. The lowest BCUT2D eigenvalue weighted by molar-refractivity contribution is -0.139. The number of urea groups is 1. The molecule has 0 bridgehead atoms. The third-order valence-electron chi connectivity index (χ3n) is 5.47. The van der Waals surface area contributed by atoms with Crippen molar-refractivity contribution >= 4 is 29.4 Å². The highest BCUT2D eigenvalue weighted by Crippen LogP contribution is 2.30. The molecule has 1 saturated heterocycles. The van der Waals surface area contributed by atoms with Gasteiger partial charge in [-0.05, 0) is 42.2 Å². The smallest absolute Gasteiger partial charge is 0.325 e. The van der Waals surface area contributed by atoms with Crippen molar-refractivity contribution in [3.05, 3.63) is 70.2 Å². The molecule has 1 fully saturated rings. The summed E-state index contributed by atoms with van der Waals surface area (Å²) in [6, 6.07) is 14.2. The van der Waals surface area contributed by atoms with E-state index in [9.17, 15) is 14.4 Å². The number of imide groups is 1. The summed E-state index contributed by atoms with van der Waals surface area (Å²) in [5.74, 6) is -0.677. The zero-order valence-electron chi connectivity index (χ0n) is 15.4. The normalized spacial score (nSPS) is 21.5. The molecule has 4 amide bonds. The predicted octanol–water partition coefficient (Wildman–Crippen LogP) is 2.69. The molecule has 2 aliphatic heterocycles. The Labute approximate surface area is 168 Å². The van der Waals surface area contributed by atoms with Crippen LogP contribution in [0.2, 0.25) is 5.02 Å². The Morgan fingerprint density at radius 3 is 2.50 bits per heavy atom. The van der Waals surface area contributed by atoms with Gasteiger partial charge in [-0.1, -0.05) is 48.0 Å². The average Bonchev–Trinajstić information content (AvgIpc) is 2.92. The summed E-state index contributed by atoms with van der Waals surface area (Å²) >= 11 is 5.92. The van der Waals surface area contributed by atoms with Gasteiger partial charge in [0.15, 0.2) is 0 Å². The van der Waals surface area contributed by atoms with Crippen molar-refractivity contribution in [2.45, 2.75) is 25.4 Å². The minimum absolute atomic E-state index is 0.238. The highest BCUT2D eigenvalue weighted by atomic mass is 35.5. The lowest BCUT2D eigenvalue weighted by Gasteiger charge is -2.30. The van der Waals surface area contributed by atoms with Crippen molar-refractivity contribution < 1.29 is 14.4 Å². The highest BCUT2D eigenvalue weighted by Gasteiger charge is 2.49. The lowest BCUT2D eigenvalue weighted by Crippen LogP contribution is -2.45. The number of halogens is 1. The first kappa shape index (κ1) is 18.5. The Balaban J connectivity index is 1.49. The van der Waals surface area contributed by atoms with Gasteiger partial charge in [0.2, 0.25) is 5.91 Å². The van der Waals surface area contributed by atoms with E-state index in [4.69, 9.17) is 11.6 Å². The molecular weight excluding hydrogens is 378 g/mol. The topological polar surface area (TPSA) is 69.7 Å². The van der Waals surface area contributed by atoms with E-state index in [1.165, 1.54) is 5.56 Å². The van der Waals surface area contributed by atoms with Crippen LogP contribution in [0.25, 0.3) is 0 Å². The quantitative estimate of drug-likeness (QED) is 0.809. The number of rotatable bonds is 3. The number of carbonyl (C=O) groups is 3. The number of nitrogens with zero attached hydrogens (tertiary/aromatic N) is 2. The summed E-state index contributed by atoms with van der Waals surface area (Å²) in [6.45, 7) is 2.44. The SMILES string of the molecule is C[C@@]1(c2ccc(Cl)cc2)NC(=O)N(CC(=O)N2CCc3ccccc3C2)C1=O. The summed E-state index contributed by atoms with van der Waals surface area (Å²) in [5, 5.41) is 3.26. The van der Waals surface area contributed by atoms with Crippen LogP contribution in [0.4, 0.5) is 4.79 Å². The molecule has 0 saturated carbocycles. The second kappa shape index (κ2) is 6.95. The molecule has 2 aromatic carbocycles. The molecule has 144 valence electrons. The molecule has 0 unspecified atom stereocenters. The van der Waals surface area contributed by atoms with Crippen LogP contribution in [0.15, 0.2) is 48.5 Å². The second-order valence-corrected chi connectivity index (χ2v) is 7.72. The third-order valence-corrected chi connectivity index (χ3v) is 5.73. The van der Waals surface area contributed by atoms with E-state index >= 15 is 0 Å². The minimum Gasteiger partial charge on any atom is -0.336 e. The zero-order chi connectivity index (χ0) is 19.9. The van der Waals surface area contributed by atoms with Gasteiger partial charge >= 0.3 is 6.03 Å². The van der Waals surface area contributed by atoms with Gasteiger partial charge in [0.1, 0.15) is 12.1 Å². The van der Waals surface area contributed by atoms with Gasteiger partial charge in [-0.15, -0.1) is 0 Å². The fourth-order valence-corrected chi connectivity index (χ4v) is 3.89. The van der Waals surface area contributed by atoms with Gasteiger partial charge in [0, 0.05) is 18.1 Å². The fraction of sp³-hybridized carbons (Fsp3) is 0.286. The maximum Gasteiger partial charge on any atom is 0.325 e. The predicted molar refractivity (Wildman–Crippen MR) is 105 cm³/mol. The summed E-state index contributed by atoms with van der Waals surface area (Å²) in [5.41, 5.74) is 1.75. The van der Waals surface area contributed by atoms with Gasteiger partial charge in [-0.2, -0.15) is 0 Å². The van der Waals surface area contributed by atoms with E-state index in [1.807, 2.05) is 18.2 Å². The van der Waals surface area contributed by atoms with Gasteiger partial charge in [-0.25, -0.2) is 4.79 Å². The largest absolute Gasteiger partial charge is 0.336 e. The summed E-state index contributed by atoms with van der Waals surface area (Å²) in [7, 11) is 0. The van der Waals surface area contributed by atoms with Crippen LogP contribution in [-0.2, 0) is 28.1 Å². The van der Waals surface area contributed by atoms with Crippen molar-refractivity contribution in [2.75, 3.05) is 13.1 Å². The van der Waals surface area contributed by atoms with E-state index in [2.05, 4.69) is 11.4 Å². The molecule has 0 radical (unpaired) electrons. The number of amides is 4. The number of hydrogen-bond acceptors (Lipinski definition) is 3. The zero-order valence-corrected chi connectivity index (χ0v) is 16.2. The molecule has 1 atom stereocenters. The molecule has 2 aliphatic rings. The number of carbonyl (C=O) groups excluding carboxylic acids is 3. The molecule has 7 heteroatoms. The molecule has 0 spiro atoms. The Hall–Kier alpha value is -2.86. The first-order valence-electron chi connectivity index (χ1n) is 9.13. The Morgan fingerprint density at radius 1 is 1.11 bits per heavy atom. The van der Waals surface area contributed by atoms with E-state index < -0.39 is 17.5 Å². The van der Waals surface area contributed by atoms with Crippen molar-refractivity contribution in [3.8, 4) is 0 Å². The molecule has 4 rings (SSSR count). The lowest BCUT2D eigenvalue weighted by atomic mass is 9.92. The standard InChI is InChI=1S/C21H20ClN3O3/c1-21(16-6-8-17(22)9-7-16)19(27)25(20(28)23-21)13-18(26)24-11-10-14-4-2-3-5-15(14)12-24/h2-9H,10-13H2,1H3,(H,23,28)/t21-/m0/s1. The van der Waals surface area contributed by atoms with Gasteiger partial charge in [-0.3, -0.25) is 14.5 Å². The van der Waals surface area contributed by atoms with E-state index in [0.717, 1.165) is 16.9 Å². The van der Waals surface area contributed by atoms with E-state index in [0.29, 0.717) is 23.7 Å². The molecular formula is C21H20ClN3O3. The fourth-order valence-electron chi connectivity index (χ4n) is 3.76. The van der Waals surface area contributed by atoms with Crippen LogP contribution in [0.1, 0.15) is 23.6 Å². The minimum atomic E-state index is -1.21. The summed E-state index contributed by atoms with van der Waals surface area (Å²) < 4.78 is 0.